The van der Waals surface area contributed by atoms with Crippen molar-refractivity contribution in [3.63, 3.8) is 0 Å². The quantitative estimate of drug-likeness (QED) is 0.888. The number of piperidine rings is 1. The van der Waals surface area contributed by atoms with Gasteiger partial charge in [0.2, 0.25) is 0 Å². The molecule has 1 fully saturated rings. The smallest absolute Gasteiger partial charge is 0.269 e. The molecule has 1 aliphatic rings. The number of nitrogens with two attached hydrogens (primary N) is 1. The Morgan fingerprint density at radius 3 is 2.72 bits per heavy atom. The van der Waals surface area contributed by atoms with E-state index >= 15 is 0 Å². The van der Waals surface area contributed by atoms with Gasteiger partial charge in [-0.05, 0) is 45.7 Å². The van der Waals surface area contributed by atoms with Crippen molar-refractivity contribution in [3.05, 3.63) is 40.5 Å². The molecule has 1 saturated heterocycles. The molecule has 1 aliphatic heterocycles. The first kappa shape index (κ1) is 17.3. The highest BCUT2D eigenvalue weighted by molar-refractivity contribution is 5.96. The standard InChI is InChI=1S/C18H25N5O2/c1-4-23-11(2)8-14(12(23)3)18(25)22-7-5-6-13(10-22)15-9-16(17(19)24)21-20-15/h8-9,13H,4-7,10H2,1-3H3,(H2,19,24)(H,20,21)/t13-/m0/s1. The summed E-state index contributed by atoms with van der Waals surface area (Å²) in [6.07, 6.45) is 1.88. The number of nitrogens with one attached hydrogen (secondary N) is 1. The molecule has 7 nitrogen and oxygen atoms in total. The van der Waals surface area contributed by atoms with Gasteiger partial charge in [0.05, 0.1) is 5.56 Å². The molecule has 0 spiro atoms. The molecular formula is C18H25N5O2. The van der Waals surface area contributed by atoms with E-state index in [2.05, 4.69) is 21.7 Å². The van der Waals surface area contributed by atoms with Gasteiger partial charge in [-0.3, -0.25) is 14.7 Å². The molecule has 3 heterocycles. The minimum absolute atomic E-state index is 0.0761. The average molecular weight is 343 g/mol. The normalized spacial score (nSPS) is 17.7. The Morgan fingerprint density at radius 1 is 1.36 bits per heavy atom. The number of hydrogen-bond acceptors (Lipinski definition) is 3. The maximum atomic E-state index is 13.0. The van der Waals surface area contributed by atoms with Gasteiger partial charge < -0.3 is 15.2 Å². The first-order valence-corrected chi connectivity index (χ1v) is 8.73. The van der Waals surface area contributed by atoms with E-state index in [1.165, 1.54) is 0 Å². The summed E-state index contributed by atoms with van der Waals surface area (Å²) in [6.45, 7) is 8.34. The van der Waals surface area contributed by atoms with Crippen LogP contribution in [-0.4, -0.2) is 44.6 Å². The van der Waals surface area contributed by atoms with Crippen LogP contribution in [0.1, 0.15) is 63.6 Å². The average Bonchev–Trinajstić information content (AvgIpc) is 3.19. The van der Waals surface area contributed by atoms with Crippen LogP contribution in [0.3, 0.4) is 0 Å². The van der Waals surface area contributed by atoms with E-state index in [1.54, 1.807) is 6.07 Å². The van der Waals surface area contributed by atoms with Crippen LogP contribution in [0.5, 0.6) is 0 Å². The van der Waals surface area contributed by atoms with Gasteiger partial charge in [-0.2, -0.15) is 5.10 Å². The van der Waals surface area contributed by atoms with E-state index < -0.39 is 5.91 Å². The number of nitrogens with zero attached hydrogens (tertiary/aromatic N) is 3. The first-order valence-electron chi connectivity index (χ1n) is 8.73. The van der Waals surface area contributed by atoms with Gasteiger partial charge in [0.1, 0.15) is 5.69 Å². The third-order valence-corrected chi connectivity index (χ3v) is 5.12. The van der Waals surface area contributed by atoms with Crippen molar-refractivity contribution in [2.75, 3.05) is 13.1 Å². The van der Waals surface area contributed by atoms with Gasteiger partial charge in [-0.15, -0.1) is 0 Å². The third kappa shape index (κ3) is 3.18. The topological polar surface area (TPSA) is 97.0 Å². The minimum Gasteiger partial charge on any atom is -0.364 e. The molecule has 3 rings (SSSR count). The van der Waals surface area contributed by atoms with Crippen LogP contribution in [0.2, 0.25) is 0 Å². The van der Waals surface area contributed by atoms with Crippen molar-refractivity contribution in [3.8, 4) is 0 Å². The summed E-state index contributed by atoms with van der Waals surface area (Å²) in [5.74, 6) is -0.321. The Morgan fingerprint density at radius 2 is 2.12 bits per heavy atom. The second-order valence-electron chi connectivity index (χ2n) is 6.69. The van der Waals surface area contributed by atoms with E-state index in [9.17, 15) is 9.59 Å². The summed E-state index contributed by atoms with van der Waals surface area (Å²) < 4.78 is 2.16. The summed E-state index contributed by atoms with van der Waals surface area (Å²) in [5, 5.41) is 6.85. The maximum Gasteiger partial charge on any atom is 0.269 e. The molecule has 0 aromatic carbocycles. The first-order chi connectivity index (χ1) is 11.9. The maximum absolute atomic E-state index is 13.0. The Hall–Kier alpha value is -2.57. The van der Waals surface area contributed by atoms with Crippen LogP contribution >= 0.6 is 0 Å². The fourth-order valence-corrected chi connectivity index (χ4v) is 3.76. The fraction of sp³-hybridized carbons (Fsp3) is 0.500. The van der Waals surface area contributed by atoms with Gasteiger partial charge in [0.15, 0.2) is 0 Å². The SMILES string of the molecule is CCn1c(C)cc(C(=O)N2CCC[C@H](c3cc(C(N)=O)n[nH]3)C2)c1C. The largest absolute Gasteiger partial charge is 0.364 e. The molecule has 0 bridgehead atoms. The number of aryl methyl sites for hydroxylation is 1. The van der Waals surface area contributed by atoms with Crippen LogP contribution in [-0.2, 0) is 6.54 Å². The molecule has 0 aliphatic carbocycles. The molecule has 25 heavy (non-hydrogen) atoms. The molecule has 0 unspecified atom stereocenters. The highest BCUT2D eigenvalue weighted by Crippen LogP contribution is 2.28. The van der Waals surface area contributed by atoms with Crippen molar-refractivity contribution >= 4 is 11.8 Å². The number of carbonyl (C=O) groups is 2. The second-order valence-corrected chi connectivity index (χ2v) is 6.69. The summed E-state index contributed by atoms with van der Waals surface area (Å²) in [6, 6.07) is 3.68. The number of rotatable bonds is 4. The second kappa shape index (κ2) is 6.74. The number of hydrogen-bond donors (Lipinski definition) is 2. The van der Waals surface area contributed by atoms with Gasteiger partial charge in [0.25, 0.3) is 11.8 Å². The lowest BCUT2D eigenvalue weighted by atomic mass is 9.94. The van der Waals surface area contributed by atoms with Gasteiger partial charge in [-0.25, -0.2) is 0 Å². The van der Waals surface area contributed by atoms with Crippen molar-refractivity contribution in [2.24, 2.45) is 5.73 Å². The number of carbonyl (C=O) groups excluding carboxylic acids is 2. The van der Waals surface area contributed by atoms with E-state index in [4.69, 9.17) is 5.73 Å². The van der Waals surface area contributed by atoms with Gasteiger partial charge >= 0.3 is 0 Å². The van der Waals surface area contributed by atoms with Crippen LogP contribution in [0.4, 0.5) is 0 Å². The Balaban J connectivity index is 1.78. The van der Waals surface area contributed by atoms with Crippen molar-refractivity contribution < 1.29 is 9.59 Å². The molecule has 1 atom stereocenters. The van der Waals surface area contributed by atoms with Crippen molar-refractivity contribution in [1.29, 1.82) is 0 Å². The van der Waals surface area contributed by atoms with Crippen LogP contribution in [0, 0.1) is 13.8 Å². The zero-order valence-corrected chi connectivity index (χ0v) is 15.0. The lowest BCUT2D eigenvalue weighted by Crippen LogP contribution is -2.39. The Labute approximate surface area is 147 Å². The van der Waals surface area contributed by atoms with E-state index in [0.717, 1.165) is 48.6 Å². The van der Waals surface area contributed by atoms with Gasteiger partial charge in [-0.1, -0.05) is 0 Å². The molecule has 7 heteroatoms. The van der Waals surface area contributed by atoms with Crippen molar-refractivity contribution in [2.45, 2.75) is 46.1 Å². The highest BCUT2D eigenvalue weighted by atomic mass is 16.2. The lowest BCUT2D eigenvalue weighted by molar-refractivity contribution is 0.0704. The number of aromatic amines is 1. The monoisotopic (exact) mass is 343 g/mol. The minimum atomic E-state index is -0.543. The summed E-state index contributed by atoms with van der Waals surface area (Å²) in [7, 11) is 0. The number of H-pyrrole nitrogens is 1. The molecule has 2 aromatic heterocycles. The van der Waals surface area contributed by atoms with Crippen LogP contribution in [0.15, 0.2) is 12.1 Å². The van der Waals surface area contributed by atoms with Crippen molar-refractivity contribution in [1.82, 2.24) is 19.7 Å². The number of primary amides is 1. The van der Waals surface area contributed by atoms with E-state index in [1.807, 2.05) is 24.8 Å². The fourth-order valence-electron chi connectivity index (χ4n) is 3.76. The molecular weight excluding hydrogens is 318 g/mol. The summed E-state index contributed by atoms with van der Waals surface area (Å²) in [5.41, 5.74) is 9.28. The Bertz CT molecular complexity index is 804. The van der Waals surface area contributed by atoms with Crippen LogP contribution < -0.4 is 5.73 Å². The number of amides is 2. The predicted molar refractivity (Wildman–Crippen MR) is 94.6 cm³/mol. The third-order valence-electron chi connectivity index (χ3n) is 5.12. The molecule has 2 aromatic rings. The summed E-state index contributed by atoms with van der Waals surface area (Å²) in [4.78, 5) is 26.1. The highest BCUT2D eigenvalue weighted by Gasteiger charge is 2.28. The number of likely N-dealkylation sites (tertiary alicyclic amines) is 1. The predicted octanol–water partition coefficient (Wildman–Crippen LogP) is 1.97. The van der Waals surface area contributed by atoms with Gasteiger partial charge in [0, 0.05) is 42.6 Å². The molecule has 0 saturated carbocycles. The molecule has 0 radical (unpaired) electrons. The Kier molecular flexibility index (Phi) is 4.65. The van der Waals surface area contributed by atoms with E-state index in [0.29, 0.717) is 6.54 Å². The van der Waals surface area contributed by atoms with Crippen LogP contribution in [0.25, 0.3) is 0 Å². The molecule has 2 amide bonds. The zero-order chi connectivity index (χ0) is 18.1. The van der Waals surface area contributed by atoms with E-state index in [-0.39, 0.29) is 17.5 Å². The molecule has 3 N–H and O–H groups in total. The summed E-state index contributed by atoms with van der Waals surface area (Å²) >= 11 is 0. The molecule has 134 valence electrons. The lowest BCUT2D eigenvalue weighted by Gasteiger charge is -2.32. The number of aromatic nitrogens is 3. The zero-order valence-electron chi connectivity index (χ0n) is 15.0.